The molecule has 1 aromatic carbocycles. The molecule has 0 radical (unpaired) electrons. The van der Waals surface area contributed by atoms with E-state index in [0.717, 1.165) is 30.2 Å². The third-order valence-electron chi connectivity index (χ3n) is 2.02. The monoisotopic (exact) mass is 238 g/mol. The molecule has 3 N–H and O–H groups in total. The summed E-state index contributed by atoms with van der Waals surface area (Å²) >= 11 is 1.78. The van der Waals surface area contributed by atoms with Crippen LogP contribution in [0.2, 0.25) is 0 Å². The number of nitrogens with one attached hydrogen (secondary N) is 1. The molecule has 0 bridgehead atoms. The van der Waals surface area contributed by atoms with Gasteiger partial charge >= 0.3 is 0 Å². The Morgan fingerprint density at radius 1 is 1.25 bits per heavy atom. The first-order chi connectivity index (χ1) is 7.83. The number of amides is 1. The van der Waals surface area contributed by atoms with Crippen LogP contribution in [0.25, 0.3) is 0 Å². The maximum atomic E-state index is 11.5. The van der Waals surface area contributed by atoms with Crippen molar-refractivity contribution in [3.63, 3.8) is 0 Å². The summed E-state index contributed by atoms with van der Waals surface area (Å²) in [5.74, 6) is 1.97. The molecular weight excluding hydrogens is 220 g/mol. The lowest BCUT2D eigenvalue weighted by atomic mass is 10.3. The second kappa shape index (κ2) is 8.19. The lowest BCUT2D eigenvalue weighted by Crippen LogP contribution is -2.12. The molecule has 1 rings (SSSR count). The van der Waals surface area contributed by atoms with E-state index in [4.69, 9.17) is 5.73 Å². The SMILES string of the molecule is NCCCSCCC(=O)Nc1ccccc1. The van der Waals surface area contributed by atoms with E-state index in [0.29, 0.717) is 6.42 Å². The normalized spacial score (nSPS) is 10.1. The highest BCUT2D eigenvalue weighted by atomic mass is 32.2. The van der Waals surface area contributed by atoms with Gasteiger partial charge in [0.2, 0.25) is 5.91 Å². The van der Waals surface area contributed by atoms with Crippen LogP contribution in [0.4, 0.5) is 5.69 Å². The number of hydrogen-bond donors (Lipinski definition) is 2. The predicted molar refractivity (Wildman–Crippen MR) is 70.7 cm³/mol. The smallest absolute Gasteiger partial charge is 0.225 e. The summed E-state index contributed by atoms with van der Waals surface area (Å²) in [6.07, 6.45) is 1.58. The minimum Gasteiger partial charge on any atom is -0.330 e. The zero-order chi connectivity index (χ0) is 11.6. The van der Waals surface area contributed by atoms with Gasteiger partial charge in [0.1, 0.15) is 0 Å². The van der Waals surface area contributed by atoms with Crippen molar-refractivity contribution in [3.8, 4) is 0 Å². The van der Waals surface area contributed by atoms with Gasteiger partial charge in [0.05, 0.1) is 0 Å². The van der Waals surface area contributed by atoms with Crippen LogP contribution in [0.3, 0.4) is 0 Å². The molecule has 0 heterocycles. The van der Waals surface area contributed by atoms with Crippen LogP contribution in [0, 0.1) is 0 Å². The molecule has 16 heavy (non-hydrogen) atoms. The molecule has 0 aliphatic heterocycles. The van der Waals surface area contributed by atoms with Crippen LogP contribution in [-0.4, -0.2) is 24.0 Å². The van der Waals surface area contributed by atoms with Crippen molar-refractivity contribution in [1.29, 1.82) is 0 Å². The number of benzene rings is 1. The van der Waals surface area contributed by atoms with E-state index in [1.54, 1.807) is 11.8 Å². The summed E-state index contributed by atoms with van der Waals surface area (Å²) in [5.41, 5.74) is 6.24. The van der Waals surface area contributed by atoms with Crippen LogP contribution < -0.4 is 11.1 Å². The van der Waals surface area contributed by atoms with Crippen molar-refractivity contribution in [3.05, 3.63) is 30.3 Å². The molecule has 0 aromatic heterocycles. The highest BCUT2D eigenvalue weighted by molar-refractivity contribution is 7.99. The summed E-state index contributed by atoms with van der Waals surface area (Å²) < 4.78 is 0. The van der Waals surface area contributed by atoms with E-state index in [2.05, 4.69) is 5.32 Å². The maximum absolute atomic E-state index is 11.5. The Bertz CT molecular complexity index is 303. The minimum atomic E-state index is 0.0754. The Morgan fingerprint density at radius 3 is 2.69 bits per heavy atom. The standard InChI is InChI=1S/C12H18N2OS/c13-8-4-9-16-10-7-12(15)14-11-5-2-1-3-6-11/h1-3,5-6H,4,7-10,13H2,(H,14,15). The van der Waals surface area contributed by atoms with Gasteiger partial charge in [-0.3, -0.25) is 4.79 Å². The van der Waals surface area contributed by atoms with Crippen LogP contribution in [0.5, 0.6) is 0 Å². The third-order valence-corrected chi connectivity index (χ3v) is 3.09. The second-order valence-corrected chi connectivity index (χ2v) is 4.64. The fourth-order valence-electron chi connectivity index (χ4n) is 1.20. The number of thioether (sulfide) groups is 1. The maximum Gasteiger partial charge on any atom is 0.225 e. The van der Waals surface area contributed by atoms with E-state index in [-0.39, 0.29) is 5.91 Å². The van der Waals surface area contributed by atoms with Gasteiger partial charge in [-0.05, 0) is 30.9 Å². The van der Waals surface area contributed by atoms with E-state index in [9.17, 15) is 4.79 Å². The fourth-order valence-corrected chi connectivity index (χ4v) is 2.10. The van der Waals surface area contributed by atoms with Crippen molar-refractivity contribution >= 4 is 23.4 Å². The second-order valence-electron chi connectivity index (χ2n) is 3.42. The Morgan fingerprint density at radius 2 is 2.00 bits per heavy atom. The summed E-state index contributed by atoms with van der Waals surface area (Å²) in [5, 5.41) is 2.86. The predicted octanol–water partition coefficient (Wildman–Crippen LogP) is 2.10. The molecule has 1 aromatic rings. The quantitative estimate of drug-likeness (QED) is 0.715. The summed E-state index contributed by atoms with van der Waals surface area (Å²) in [7, 11) is 0. The summed E-state index contributed by atoms with van der Waals surface area (Å²) in [6.45, 7) is 0.725. The Kier molecular flexibility index (Phi) is 6.69. The van der Waals surface area contributed by atoms with Crippen molar-refractivity contribution in [2.45, 2.75) is 12.8 Å². The topological polar surface area (TPSA) is 55.1 Å². The fraction of sp³-hybridized carbons (Fsp3) is 0.417. The number of rotatable bonds is 7. The van der Waals surface area contributed by atoms with Crippen molar-refractivity contribution in [1.82, 2.24) is 0 Å². The molecule has 0 unspecified atom stereocenters. The average molecular weight is 238 g/mol. The molecule has 4 heteroatoms. The molecule has 0 aliphatic rings. The van der Waals surface area contributed by atoms with Gasteiger partial charge in [-0.25, -0.2) is 0 Å². The summed E-state index contributed by atoms with van der Waals surface area (Å²) in [6, 6.07) is 9.52. The van der Waals surface area contributed by atoms with Crippen LogP contribution in [-0.2, 0) is 4.79 Å². The van der Waals surface area contributed by atoms with E-state index in [1.807, 2.05) is 30.3 Å². The van der Waals surface area contributed by atoms with Crippen molar-refractivity contribution in [2.24, 2.45) is 5.73 Å². The van der Waals surface area contributed by atoms with Crippen LogP contribution in [0.15, 0.2) is 30.3 Å². The van der Waals surface area contributed by atoms with Gasteiger partial charge in [-0.1, -0.05) is 18.2 Å². The van der Waals surface area contributed by atoms with Gasteiger partial charge < -0.3 is 11.1 Å². The molecule has 0 fully saturated rings. The number of carbonyl (C=O) groups excluding carboxylic acids is 1. The first-order valence-electron chi connectivity index (χ1n) is 5.45. The Balaban J connectivity index is 2.12. The van der Waals surface area contributed by atoms with Crippen LogP contribution >= 0.6 is 11.8 Å². The Labute approximate surface area is 101 Å². The molecule has 0 aliphatic carbocycles. The first-order valence-corrected chi connectivity index (χ1v) is 6.61. The molecule has 0 spiro atoms. The third kappa shape index (κ3) is 5.78. The van der Waals surface area contributed by atoms with E-state index >= 15 is 0 Å². The molecule has 0 atom stereocenters. The lowest BCUT2D eigenvalue weighted by Gasteiger charge is -2.04. The number of hydrogen-bond acceptors (Lipinski definition) is 3. The van der Waals surface area contributed by atoms with Gasteiger partial charge in [-0.2, -0.15) is 11.8 Å². The molecule has 0 saturated carbocycles. The molecule has 3 nitrogen and oxygen atoms in total. The zero-order valence-electron chi connectivity index (χ0n) is 9.32. The number of anilines is 1. The average Bonchev–Trinajstić information content (AvgIpc) is 2.30. The first kappa shape index (κ1) is 13.1. The molecule has 0 saturated heterocycles. The zero-order valence-corrected chi connectivity index (χ0v) is 10.1. The van der Waals surface area contributed by atoms with Crippen molar-refractivity contribution < 1.29 is 4.79 Å². The number of para-hydroxylation sites is 1. The van der Waals surface area contributed by atoms with Gasteiger partial charge in [-0.15, -0.1) is 0 Å². The molecular formula is C12H18N2OS. The highest BCUT2D eigenvalue weighted by Gasteiger charge is 2.01. The number of nitrogens with two attached hydrogens (primary N) is 1. The number of carbonyl (C=O) groups is 1. The summed E-state index contributed by atoms with van der Waals surface area (Å²) in [4.78, 5) is 11.5. The highest BCUT2D eigenvalue weighted by Crippen LogP contribution is 2.08. The van der Waals surface area contributed by atoms with Gasteiger partial charge in [0, 0.05) is 17.9 Å². The van der Waals surface area contributed by atoms with Crippen molar-refractivity contribution in [2.75, 3.05) is 23.4 Å². The molecule has 1 amide bonds. The minimum absolute atomic E-state index is 0.0754. The van der Waals surface area contributed by atoms with Crippen LogP contribution in [0.1, 0.15) is 12.8 Å². The molecule has 88 valence electrons. The van der Waals surface area contributed by atoms with E-state index < -0.39 is 0 Å². The van der Waals surface area contributed by atoms with Gasteiger partial charge in [0.25, 0.3) is 0 Å². The Hall–Kier alpha value is -1.00. The van der Waals surface area contributed by atoms with E-state index in [1.165, 1.54) is 0 Å². The van der Waals surface area contributed by atoms with Gasteiger partial charge in [0.15, 0.2) is 0 Å². The largest absolute Gasteiger partial charge is 0.330 e. The lowest BCUT2D eigenvalue weighted by molar-refractivity contribution is -0.115.